The molecule has 4 aromatic carbocycles. The van der Waals surface area contributed by atoms with Crippen molar-refractivity contribution in [3.05, 3.63) is 119 Å². The first-order valence-electron chi connectivity index (χ1n) is 12.8. The van der Waals surface area contributed by atoms with Gasteiger partial charge < -0.3 is 15.3 Å². The summed E-state index contributed by atoms with van der Waals surface area (Å²) in [7, 11) is 0. The highest BCUT2D eigenvalue weighted by Crippen LogP contribution is 2.38. The van der Waals surface area contributed by atoms with Crippen LogP contribution in [-0.2, 0) is 11.0 Å². The molecule has 0 aliphatic carbocycles. The second-order valence-corrected chi connectivity index (χ2v) is 11.7. The van der Waals surface area contributed by atoms with Crippen LogP contribution in [0.4, 0.5) is 24.5 Å². The van der Waals surface area contributed by atoms with Crippen LogP contribution in [-0.4, -0.2) is 22.0 Å². The number of aryl methyl sites for hydroxylation is 1. The van der Waals surface area contributed by atoms with E-state index in [-0.39, 0.29) is 0 Å². The van der Waals surface area contributed by atoms with Gasteiger partial charge in [-0.3, -0.25) is 10.1 Å². The number of alkyl halides is 3. The number of benzene rings is 4. The largest absolute Gasteiger partial charge is 0.481 e. The van der Waals surface area contributed by atoms with E-state index in [0.29, 0.717) is 22.7 Å². The van der Waals surface area contributed by atoms with Gasteiger partial charge in [0.15, 0.2) is 0 Å². The molecular weight excluding hydrogens is 549 g/mol. The molecule has 0 bridgehead atoms. The monoisotopic (exact) mass is 579 g/mol. The topological polar surface area (TPSA) is 87.0 Å². The maximum Gasteiger partial charge on any atom is 0.416 e. The Morgan fingerprint density at radius 2 is 1.66 bits per heavy atom. The second-order valence-electron chi connectivity index (χ2n) is 10.0. The number of carboxylic acids is 1. The van der Waals surface area contributed by atoms with Crippen molar-refractivity contribution in [2.75, 3.05) is 0 Å². The Bertz CT molecular complexity index is 1540. The molecule has 0 amide bonds. The molecule has 0 aliphatic heterocycles. The van der Waals surface area contributed by atoms with Crippen LogP contribution < -0.4 is 10.1 Å². The number of hydrogen-bond donors (Lipinski definition) is 3. The summed E-state index contributed by atoms with van der Waals surface area (Å²) < 4.78 is 44.6. The van der Waals surface area contributed by atoms with Gasteiger partial charge in [-0.1, -0.05) is 42.5 Å². The Morgan fingerprint density at radius 3 is 2.24 bits per heavy atom. The molecule has 9 heteroatoms. The van der Waals surface area contributed by atoms with Crippen molar-refractivity contribution in [2.24, 2.45) is 0 Å². The lowest BCUT2D eigenvalue weighted by molar-refractivity contribution is -0.478. The Kier molecular flexibility index (Phi) is 8.89. The van der Waals surface area contributed by atoms with Crippen LogP contribution in [0.3, 0.4) is 0 Å². The van der Waals surface area contributed by atoms with Crippen molar-refractivity contribution in [1.29, 1.82) is 5.41 Å². The van der Waals surface area contributed by atoms with Crippen LogP contribution in [0, 0.1) is 12.3 Å². The molecule has 4 rings (SSSR count). The van der Waals surface area contributed by atoms with E-state index in [0.717, 1.165) is 33.7 Å². The summed E-state index contributed by atoms with van der Waals surface area (Å²) in [6.07, 6.45) is -3.79. The van der Waals surface area contributed by atoms with Gasteiger partial charge in [0.25, 0.3) is 0 Å². The number of nitrogens with one attached hydrogen (secondary N) is 1. The zero-order valence-electron chi connectivity index (χ0n) is 22.7. The first-order valence-corrected chi connectivity index (χ1v) is 13.6. The molecule has 1 atom stereocenters. The van der Waals surface area contributed by atoms with E-state index in [4.69, 9.17) is 10.1 Å². The maximum atomic E-state index is 13.0. The quantitative estimate of drug-likeness (QED) is 0.102. The van der Waals surface area contributed by atoms with E-state index in [1.807, 2.05) is 67.6 Å². The van der Waals surface area contributed by atoms with Crippen molar-refractivity contribution in [2.45, 2.75) is 42.7 Å². The van der Waals surface area contributed by atoms with E-state index in [1.54, 1.807) is 25.2 Å². The highest BCUT2D eigenvalue weighted by atomic mass is 32.2. The van der Waals surface area contributed by atoms with Gasteiger partial charge >= 0.3 is 12.1 Å². The van der Waals surface area contributed by atoms with Gasteiger partial charge in [-0.25, -0.2) is 0 Å². The van der Waals surface area contributed by atoms with Crippen molar-refractivity contribution in [1.82, 2.24) is 0 Å². The number of halogens is 3. The van der Waals surface area contributed by atoms with Gasteiger partial charge in [0.05, 0.1) is 11.1 Å². The molecule has 0 radical (unpaired) electrons. The molecule has 4 aromatic rings. The minimum Gasteiger partial charge on any atom is -0.481 e. The van der Waals surface area contributed by atoms with Gasteiger partial charge in [0.1, 0.15) is 28.0 Å². The molecular formula is C32H30F3N2O3S+. The summed E-state index contributed by atoms with van der Waals surface area (Å²) in [5.74, 6) is -0.333. The number of rotatable bonds is 10. The van der Waals surface area contributed by atoms with Crippen molar-refractivity contribution >= 4 is 35.3 Å². The summed E-state index contributed by atoms with van der Waals surface area (Å²) in [6, 6.07) is 25.4. The predicted molar refractivity (Wildman–Crippen MR) is 155 cm³/mol. The number of aliphatic carboxylic acids is 1. The molecule has 0 spiro atoms. The van der Waals surface area contributed by atoms with Gasteiger partial charge in [0.2, 0.25) is 0 Å². The summed E-state index contributed by atoms with van der Waals surface area (Å²) in [5, 5.41) is 19.5. The lowest BCUT2D eigenvalue weighted by atomic mass is 9.95. The van der Waals surface area contributed by atoms with Gasteiger partial charge in [-0.05, 0) is 74.4 Å². The zero-order chi connectivity index (χ0) is 29.8. The summed E-state index contributed by atoms with van der Waals surface area (Å²) in [5.41, 5.74) is 3.53. The summed E-state index contributed by atoms with van der Waals surface area (Å²) >= 11 is 1.26. The molecule has 0 saturated heterocycles. The molecule has 1 unspecified atom stereocenters. The summed E-state index contributed by atoms with van der Waals surface area (Å²) in [6.45, 7) is 5.21. The molecule has 5 nitrogen and oxygen atoms in total. The van der Waals surface area contributed by atoms with E-state index in [9.17, 15) is 23.1 Å². The third kappa shape index (κ3) is 7.17. The highest BCUT2D eigenvalue weighted by Gasteiger charge is 2.31. The van der Waals surface area contributed by atoms with Gasteiger partial charge in [0, 0.05) is 22.7 Å². The van der Waals surface area contributed by atoms with E-state index in [1.165, 1.54) is 30.1 Å². The van der Waals surface area contributed by atoms with E-state index < -0.39 is 28.6 Å². The summed E-state index contributed by atoms with van der Waals surface area (Å²) in [4.78, 5) is 12.4. The normalized spacial score (nSPS) is 12.5. The lowest BCUT2D eigenvalue weighted by Gasteiger charge is -2.24. The standard InChI is InChI=1S/C32H29F3N2O3S/c1-20-18-24(16-17-28(20)41-31(2,3)30(38)39)40-29(21-8-5-4-6-9-21)25-10-7-11-27(26(25)19-36)37-23-14-12-22(13-15-23)32(33,34)35/h4-19,29,36-37H,1-3H3,(H,38,39)/p+1. The molecule has 0 aromatic heterocycles. The van der Waals surface area contributed by atoms with E-state index in [2.05, 4.69) is 0 Å². The third-order valence-corrected chi connectivity index (χ3v) is 7.91. The van der Waals surface area contributed by atoms with Crippen LogP contribution in [0.15, 0.2) is 95.9 Å². The van der Waals surface area contributed by atoms with Crippen LogP contribution in [0.2, 0.25) is 0 Å². The molecule has 41 heavy (non-hydrogen) atoms. The molecule has 0 fully saturated rings. The molecule has 0 saturated carbocycles. The Morgan fingerprint density at radius 1 is 0.976 bits per heavy atom. The van der Waals surface area contributed by atoms with Crippen molar-refractivity contribution < 1.29 is 33.1 Å². The fraction of sp³-hybridized carbons (Fsp3) is 0.188. The van der Waals surface area contributed by atoms with Crippen LogP contribution in [0.5, 0.6) is 5.75 Å². The van der Waals surface area contributed by atoms with Crippen LogP contribution in [0.25, 0.3) is 0 Å². The first kappa shape index (κ1) is 29.9. The minimum atomic E-state index is -4.42. The van der Waals surface area contributed by atoms with Crippen molar-refractivity contribution in [3.8, 4) is 5.75 Å². The van der Waals surface area contributed by atoms with Gasteiger partial charge in [-0.2, -0.15) is 13.2 Å². The molecule has 4 N–H and O–H groups in total. The fourth-order valence-electron chi connectivity index (χ4n) is 4.27. The predicted octanol–water partition coefficient (Wildman–Crippen LogP) is 7.66. The number of ether oxygens (including phenoxy) is 1. The third-order valence-electron chi connectivity index (χ3n) is 6.54. The second kappa shape index (κ2) is 12.2. The van der Waals surface area contributed by atoms with Crippen LogP contribution in [0.1, 0.15) is 47.8 Å². The average Bonchev–Trinajstić information content (AvgIpc) is 2.93. The minimum absolute atomic E-state index is 0.571. The lowest BCUT2D eigenvalue weighted by Crippen LogP contribution is -2.71. The maximum absolute atomic E-state index is 13.0. The smallest absolute Gasteiger partial charge is 0.416 e. The number of thioether (sulfide) groups is 1. The SMILES string of the molecule is Cc1cc(OC(c2ccccc2)c2cccc([NH2+]c3ccc(C(F)(F)F)cc3)c2C=N)ccc1SC(C)(C)C(=O)O. The molecule has 0 aliphatic rings. The first-order chi connectivity index (χ1) is 19.4. The number of quaternary nitrogens is 1. The zero-order valence-corrected chi connectivity index (χ0v) is 23.5. The Balaban J connectivity index is 1.69. The molecule has 212 valence electrons. The molecule has 0 heterocycles. The fourth-order valence-corrected chi connectivity index (χ4v) is 5.27. The number of carbonyl (C=O) groups is 1. The van der Waals surface area contributed by atoms with Crippen molar-refractivity contribution in [3.63, 3.8) is 0 Å². The highest BCUT2D eigenvalue weighted by molar-refractivity contribution is 8.01. The number of nitrogens with two attached hydrogens (primary N) is 1. The number of carboxylic acid groups (broad SMARTS) is 1. The number of hydrogen-bond acceptors (Lipinski definition) is 4. The average molecular weight is 580 g/mol. The van der Waals surface area contributed by atoms with Gasteiger partial charge in [-0.15, -0.1) is 11.8 Å². The van der Waals surface area contributed by atoms with E-state index >= 15 is 0 Å². The Hall–Kier alpha value is -4.08. The van der Waals surface area contributed by atoms with Crippen LogP contribution >= 0.6 is 11.8 Å². The Labute approximate surface area is 240 Å².